The predicted molar refractivity (Wildman–Crippen MR) is 152 cm³/mol. The van der Waals surface area contributed by atoms with E-state index >= 15 is 0 Å². The van der Waals surface area contributed by atoms with E-state index in [0.29, 0.717) is 54.3 Å². The molecular formula is C29H36F2N6O4. The van der Waals surface area contributed by atoms with Crippen LogP contribution in [-0.4, -0.2) is 78.9 Å². The van der Waals surface area contributed by atoms with E-state index in [2.05, 4.69) is 20.5 Å². The molecule has 220 valence electrons. The molecule has 2 amide bonds. The fourth-order valence-corrected chi connectivity index (χ4v) is 4.37. The molecule has 0 bridgehead atoms. The molecule has 41 heavy (non-hydrogen) atoms. The molecule has 1 fully saturated rings. The van der Waals surface area contributed by atoms with Gasteiger partial charge in [0.1, 0.15) is 23.1 Å². The lowest BCUT2D eigenvalue weighted by Crippen LogP contribution is -2.39. The topological polar surface area (TPSA) is 109 Å². The van der Waals surface area contributed by atoms with E-state index < -0.39 is 29.4 Å². The van der Waals surface area contributed by atoms with Crippen LogP contribution in [0.25, 0.3) is 11.0 Å². The van der Waals surface area contributed by atoms with Crippen LogP contribution >= 0.6 is 0 Å². The third-order valence-corrected chi connectivity index (χ3v) is 6.41. The van der Waals surface area contributed by atoms with E-state index in [1.807, 2.05) is 6.92 Å². The number of carbonyl (C=O) groups excluding carboxylic acids is 2. The molecule has 0 spiro atoms. The minimum atomic E-state index is -0.705. The summed E-state index contributed by atoms with van der Waals surface area (Å²) in [5.74, 6) is -1.10. The Morgan fingerprint density at radius 3 is 2.46 bits per heavy atom. The standard InChI is InChI=1S/C29H36F2N6O4/c1-18(34-22-15-20(30)14-21(31)16-22)23-12-19(27(38)32-6-7-36(5)28(39)41-29(2,3)4)13-24-26(23)35-25(17-33-24)37-8-10-40-11-9-37/h12-18,34H,6-11H2,1-5H3,(H,32,38). The first-order chi connectivity index (χ1) is 19.4. The van der Waals surface area contributed by atoms with Crippen molar-refractivity contribution in [2.45, 2.75) is 39.3 Å². The first kappa shape index (κ1) is 29.9. The maximum absolute atomic E-state index is 13.9. The zero-order valence-corrected chi connectivity index (χ0v) is 24.0. The molecule has 10 nitrogen and oxygen atoms in total. The summed E-state index contributed by atoms with van der Waals surface area (Å²) >= 11 is 0. The molecule has 12 heteroatoms. The summed E-state index contributed by atoms with van der Waals surface area (Å²) in [5, 5.41) is 5.94. The van der Waals surface area contributed by atoms with E-state index in [0.717, 1.165) is 6.07 Å². The van der Waals surface area contributed by atoms with Crippen molar-refractivity contribution in [3.05, 3.63) is 59.3 Å². The van der Waals surface area contributed by atoms with Gasteiger partial charge < -0.3 is 29.9 Å². The summed E-state index contributed by atoms with van der Waals surface area (Å²) < 4.78 is 38.5. The predicted octanol–water partition coefficient (Wildman–Crippen LogP) is 4.51. The Morgan fingerprint density at radius 2 is 1.80 bits per heavy atom. The van der Waals surface area contributed by atoms with Gasteiger partial charge in [-0.05, 0) is 52.0 Å². The Hall–Kier alpha value is -4.06. The van der Waals surface area contributed by atoms with Crippen molar-refractivity contribution in [3.8, 4) is 0 Å². The van der Waals surface area contributed by atoms with Crippen LogP contribution in [0.2, 0.25) is 0 Å². The number of rotatable bonds is 8. The Bertz CT molecular complexity index is 1390. The van der Waals surface area contributed by atoms with Gasteiger partial charge in [0.05, 0.1) is 36.5 Å². The minimum Gasteiger partial charge on any atom is -0.444 e. The summed E-state index contributed by atoms with van der Waals surface area (Å²) in [6.45, 7) is 10.1. The van der Waals surface area contributed by atoms with Crippen molar-refractivity contribution < 1.29 is 27.8 Å². The molecule has 1 atom stereocenters. The number of halogens is 2. The Morgan fingerprint density at radius 1 is 1.12 bits per heavy atom. The van der Waals surface area contributed by atoms with Gasteiger partial charge in [-0.2, -0.15) is 0 Å². The zero-order valence-electron chi connectivity index (χ0n) is 24.0. The molecule has 2 N–H and O–H groups in total. The highest BCUT2D eigenvalue weighted by atomic mass is 19.1. The molecular weight excluding hydrogens is 534 g/mol. The zero-order chi connectivity index (χ0) is 29.7. The largest absolute Gasteiger partial charge is 0.444 e. The number of amides is 2. The number of likely N-dealkylation sites (N-methyl/N-ethyl adjacent to an activating group) is 1. The fourth-order valence-electron chi connectivity index (χ4n) is 4.37. The Balaban J connectivity index is 1.59. The number of hydrogen-bond acceptors (Lipinski definition) is 8. The number of anilines is 2. The van der Waals surface area contributed by atoms with E-state index in [9.17, 15) is 18.4 Å². The first-order valence-electron chi connectivity index (χ1n) is 13.5. The monoisotopic (exact) mass is 570 g/mol. The quantitative estimate of drug-likeness (QED) is 0.407. The normalized spacial score (nSPS) is 14.5. The second kappa shape index (κ2) is 12.6. The average molecular weight is 571 g/mol. The summed E-state index contributed by atoms with van der Waals surface area (Å²) in [5.41, 5.74) is 1.65. The maximum Gasteiger partial charge on any atom is 0.410 e. The van der Waals surface area contributed by atoms with Crippen molar-refractivity contribution in [1.29, 1.82) is 0 Å². The molecule has 1 saturated heterocycles. The van der Waals surface area contributed by atoms with Crippen LogP contribution in [0.4, 0.5) is 25.1 Å². The number of benzene rings is 2. The maximum atomic E-state index is 13.9. The summed E-state index contributed by atoms with van der Waals surface area (Å²) in [6.07, 6.45) is 1.18. The van der Waals surface area contributed by atoms with Crippen LogP contribution in [0.3, 0.4) is 0 Å². The lowest BCUT2D eigenvalue weighted by atomic mass is 10.0. The molecule has 2 aromatic carbocycles. The van der Waals surface area contributed by atoms with E-state index in [1.165, 1.54) is 17.0 Å². The summed E-state index contributed by atoms with van der Waals surface area (Å²) in [4.78, 5) is 38.3. The van der Waals surface area contributed by atoms with Gasteiger partial charge in [0.25, 0.3) is 5.91 Å². The van der Waals surface area contributed by atoms with Gasteiger partial charge in [0.15, 0.2) is 0 Å². The van der Waals surface area contributed by atoms with Crippen LogP contribution in [0.1, 0.15) is 49.7 Å². The van der Waals surface area contributed by atoms with Crippen LogP contribution < -0.4 is 15.5 Å². The van der Waals surface area contributed by atoms with Crippen molar-refractivity contribution in [2.75, 3.05) is 56.7 Å². The van der Waals surface area contributed by atoms with E-state index in [1.54, 1.807) is 46.1 Å². The smallest absolute Gasteiger partial charge is 0.410 e. The Kier molecular flexibility index (Phi) is 9.21. The van der Waals surface area contributed by atoms with Crippen molar-refractivity contribution in [1.82, 2.24) is 20.2 Å². The number of nitrogens with zero attached hydrogens (tertiary/aromatic N) is 4. The highest BCUT2D eigenvalue weighted by Gasteiger charge is 2.21. The SMILES string of the molecule is CC(Nc1cc(F)cc(F)c1)c1cc(C(=O)NCCN(C)C(=O)OC(C)(C)C)cc2ncc(N3CCOCC3)nc12. The summed E-state index contributed by atoms with van der Waals surface area (Å²) in [7, 11) is 1.60. The highest BCUT2D eigenvalue weighted by Crippen LogP contribution is 2.29. The molecule has 1 unspecified atom stereocenters. The van der Waals surface area contributed by atoms with Gasteiger partial charge in [-0.25, -0.2) is 18.6 Å². The number of fused-ring (bicyclic) bond motifs is 1. The fraction of sp³-hybridized carbons (Fsp3) is 0.448. The number of nitrogens with one attached hydrogen (secondary N) is 2. The molecule has 3 aromatic rings. The van der Waals surface area contributed by atoms with Crippen molar-refractivity contribution in [3.63, 3.8) is 0 Å². The molecule has 1 aromatic heterocycles. The van der Waals surface area contributed by atoms with Gasteiger partial charge in [-0.3, -0.25) is 9.78 Å². The second-order valence-corrected chi connectivity index (χ2v) is 10.9. The van der Waals surface area contributed by atoms with Crippen molar-refractivity contribution in [2.24, 2.45) is 0 Å². The van der Waals surface area contributed by atoms with Gasteiger partial charge in [-0.1, -0.05) is 0 Å². The number of carbonyl (C=O) groups is 2. The van der Waals surface area contributed by atoms with Crippen molar-refractivity contribution >= 4 is 34.5 Å². The summed E-state index contributed by atoms with van der Waals surface area (Å²) in [6, 6.07) is 6.06. The molecule has 1 aliphatic rings. The average Bonchev–Trinajstić information content (AvgIpc) is 2.90. The second-order valence-electron chi connectivity index (χ2n) is 10.9. The minimum absolute atomic E-state index is 0.194. The highest BCUT2D eigenvalue weighted by molar-refractivity contribution is 5.98. The number of morpholine rings is 1. The molecule has 0 aliphatic carbocycles. The molecule has 2 heterocycles. The van der Waals surface area contributed by atoms with Gasteiger partial charge in [-0.15, -0.1) is 0 Å². The van der Waals surface area contributed by atoms with Crippen LogP contribution in [0.15, 0.2) is 36.5 Å². The third kappa shape index (κ3) is 8.00. The van der Waals surface area contributed by atoms with E-state index in [-0.39, 0.29) is 24.7 Å². The number of hydrogen-bond donors (Lipinski definition) is 2. The van der Waals surface area contributed by atoms with Gasteiger partial charge in [0.2, 0.25) is 0 Å². The first-order valence-corrected chi connectivity index (χ1v) is 13.5. The molecule has 4 rings (SSSR count). The van der Waals surface area contributed by atoms with Gasteiger partial charge in [0, 0.05) is 56.1 Å². The van der Waals surface area contributed by atoms with Crippen LogP contribution in [0, 0.1) is 11.6 Å². The van der Waals surface area contributed by atoms with Crippen LogP contribution in [-0.2, 0) is 9.47 Å². The van der Waals surface area contributed by atoms with E-state index in [4.69, 9.17) is 14.5 Å². The third-order valence-electron chi connectivity index (χ3n) is 6.41. The van der Waals surface area contributed by atoms with Gasteiger partial charge >= 0.3 is 6.09 Å². The molecule has 0 saturated carbocycles. The number of ether oxygens (including phenoxy) is 2. The van der Waals surface area contributed by atoms with Crippen LogP contribution in [0.5, 0.6) is 0 Å². The lowest BCUT2D eigenvalue weighted by Gasteiger charge is -2.28. The number of aromatic nitrogens is 2. The lowest BCUT2D eigenvalue weighted by molar-refractivity contribution is 0.0299. The molecule has 1 aliphatic heterocycles. The molecule has 0 radical (unpaired) electrons. The Labute approximate surface area is 238 Å².